The number of aromatic nitrogens is 3. The van der Waals surface area contributed by atoms with Crippen LogP contribution in [0.15, 0.2) is 41.1 Å². The maximum atomic E-state index is 12.7. The standard InChI is InChI=1S/C19H21N5O4/c1-11-5-3-7-21-13(11)9-22-18(26)15-16(20)23-17(14-6-4-8-27-14)24-19(15)28-10-12(2)25/h3-8,12,25H,9-10H2,1-2H3,(H,22,26)(H2,20,23,24)/t12-/m0/s1. The molecule has 9 heteroatoms. The molecule has 3 aromatic rings. The number of carbonyl (C=O) groups is 1. The Morgan fingerprint density at radius 2 is 2.18 bits per heavy atom. The lowest BCUT2D eigenvalue weighted by molar-refractivity contribution is 0.0932. The Kier molecular flexibility index (Phi) is 5.85. The Bertz CT molecular complexity index is 957. The molecule has 4 N–H and O–H groups in total. The Morgan fingerprint density at radius 3 is 2.86 bits per heavy atom. The number of amides is 1. The van der Waals surface area contributed by atoms with Crippen LogP contribution in [0.2, 0.25) is 0 Å². The second-order valence-corrected chi connectivity index (χ2v) is 6.20. The zero-order valence-corrected chi connectivity index (χ0v) is 15.5. The van der Waals surface area contributed by atoms with E-state index in [0.29, 0.717) is 5.76 Å². The molecule has 0 bridgehead atoms. The van der Waals surface area contributed by atoms with E-state index in [0.717, 1.165) is 11.3 Å². The van der Waals surface area contributed by atoms with Gasteiger partial charge >= 0.3 is 0 Å². The highest BCUT2D eigenvalue weighted by molar-refractivity contribution is 6.00. The zero-order chi connectivity index (χ0) is 20.1. The van der Waals surface area contributed by atoms with Crippen LogP contribution in [0.25, 0.3) is 11.6 Å². The summed E-state index contributed by atoms with van der Waals surface area (Å²) >= 11 is 0. The fraction of sp³-hybridized carbons (Fsp3) is 0.263. The molecule has 0 radical (unpaired) electrons. The summed E-state index contributed by atoms with van der Waals surface area (Å²) in [5.41, 5.74) is 7.69. The van der Waals surface area contributed by atoms with Gasteiger partial charge in [0.15, 0.2) is 5.76 Å². The number of furan rings is 1. The molecule has 0 spiro atoms. The number of ether oxygens (including phenoxy) is 1. The fourth-order valence-electron chi connectivity index (χ4n) is 2.45. The summed E-state index contributed by atoms with van der Waals surface area (Å²) in [6.07, 6.45) is 2.37. The predicted octanol–water partition coefficient (Wildman–Crippen LogP) is 1.71. The predicted molar refractivity (Wildman–Crippen MR) is 101 cm³/mol. The average Bonchev–Trinajstić information content (AvgIpc) is 3.20. The van der Waals surface area contributed by atoms with Crippen LogP contribution in [0.1, 0.15) is 28.5 Å². The molecule has 0 aliphatic carbocycles. The van der Waals surface area contributed by atoms with Crippen molar-refractivity contribution in [1.82, 2.24) is 20.3 Å². The number of anilines is 1. The van der Waals surface area contributed by atoms with Crippen LogP contribution in [0, 0.1) is 6.92 Å². The number of pyridine rings is 1. The lowest BCUT2D eigenvalue weighted by Crippen LogP contribution is -2.27. The Labute approximate surface area is 161 Å². The maximum Gasteiger partial charge on any atom is 0.260 e. The average molecular weight is 383 g/mol. The van der Waals surface area contributed by atoms with Crippen LogP contribution in [0.3, 0.4) is 0 Å². The monoisotopic (exact) mass is 383 g/mol. The highest BCUT2D eigenvalue weighted by Crippen LogP contribution is 2.26. The van der Waals surface area contributed by atoms with Crippen molar-refractivity contribution in [1.29, 1.82) is 0 Å². The van der Waals surface area contributed by atoms with E-state index in [4.69, 9.17) is 14.9 Å². The second kappa shape index (κ2) is 8.49. The van der Waals surface area contributed by atoms with E-state index in [9.17, 15) is 9.90 Å². The van der Waals surface area contributed by atoms with Gasteiger partial charge in [-0.2, -0.15) is 4.98 Å². The van der Waals surface area contributed by atoms with Crippen LogP contribution in [-0.4, -0.2) is 38.7 Å². The van der Waals surface area contributed by atoms with Crippen molar-refractivity contribution in [2.75, 3.05) is 12.3 Å². The first kappa shape index (κ1) is 19.3. The number of hydrogen-bond acceptors (Lipinski definition) is 8. The number of nitrogen functional groups attached to an aromatic ring is 1. The molecular formula is C19H21N5O4. The van der Waals surface area contributed by atoms with Crippen molar-refractivity contribution < 1.29 is 19.1 Å². The largest absolute Gasteiger partial charge is 0.474 e. The molecule has 0 aromatic carbocycles. The Hall–Kier alpha value is -3.46. The van der Waals surface area contributed by atoms with Crippen LogP contribution < -0.4 is 15.8 Å². The van der Waals surface area contributed by atoms with Gasteiger partial charge in [0, 0.05) is 6.20 Å². The normalized spacial score (nSPS) is 11.8. The Balaban J connectivity index is 1.89. The van der Waals surface area contributed by atoms with Gasteiger partial charge in [0.05, 0.1) is 24.6 Å². The van der Waals surface area contributed by atoms with Crippen molar-refractivity contribution >= 4 is 11.7 Å². The van der Waals surface area contributed by atoms with Gasteiger partial charge in [0.1, 0.15) is 18.0 Å². The topological polar surface area (TPSA) is 136 Å². The van der Waals surface area contributed by atoms with E-state index < -0.39 is 12.0 Å². The quantitative estimate of drug-likeness (QED) is 0.561. The molecule has 3 heterocycles. The van der Waals surface area contributed by atoms with Crippen molar-refractivity contribution in [3.63, 3.8) is 0 Å². The molecule has 1 atom stereocenters. The van der Waals surface area contributed by atoms with Crippen molar-refractivity contribution in [2.45, 2.75) is 26.5 Å². The summed E-state index contributed by atoms with van der Waals surface area (Å²) in [6, 6.07) is 7.07. The summed E-state index contributed by atoms with van der Waals surface area (Å²) in [6.45, 7) is 3.61. The Morgan fingerprint density at radius 1 is 1.36 bits per heavy atom. The van der Waals surface area contributed by atoms with E-state index in [1.54, 1.807) is 25.3 Å². The molecule has 28 heavy (non-hydrogen) atoms. The van der Waals surface area contributed by atoms with E-state index in [1.807, 2.05) is 19.1 Å². The van der Waals surface area contributed by atoms with Crippen molar-refractivity contribution in [3.8, 4) is 17.5 Å². The third-order valence-corrected chi connectivity index (χ3v) is 3.87. The molecule has 3 aromatic heterocycles. The van der Waals surface area contributed by atoms with Gasteiger partial charge in [-0.1, -0.05) is 6.07 Å². The summed E-state index contributed by atoms with van der Waals surface area (Å²) in [4.78, 5) is 25.4. The third kappa shape index (κ3) is 4.44. The van der Waals surface area contributed by atoms with Gasteiger partial charge in [-0.05, 0) is 37.6 Å². The number of hydrogen-bond donors (Lipinski definition) is 3. The highest BCUT2D eigenvalue weighted by Gasteiger charge is 2.23. The van der Waals surface area contributed by atoms with Crippen LogP contribution >= 0.6 is 0 Å². The molecule has 146 valence electrons. The van der Waals surface area contributed by atoms with Gasteiger partial charge in [0.25, 0.3) is 5.91 Å². The summed E-state index contributed by atoms with van der Waals surface area (Å²) < 4.78 is 10.8. The van der Waals surface area contributed by atoms with E-state index >= 15 is 0 Å². The first-order valence-corrected chi connectivity index (χ1v) is 8.66. The molecule has 0 saturated carbocycles. The minimum Gasteiger partial charge on any atom is -0.474 e. The van der Waals surface area contributed by atoms with Gasteiger partial charge in [-0.25, -0.2) is 4.98 Å². The zero-order valence-electron chi connectivity index (χ0n) is 15.5. The van der Waals surface area contributed by atoms with Gasteiger partial charge in [-0.3, -0.25) is 9.78 Å². The smallest absolute Gasteiger partial charge is 0.260 e. The minimum absolute atomic E-state index is 0.00968. The number of carbonyl (C=O) groups excluding carboxylic acids is 1. The molecule has 3 rings (SSSR count). The number of aliphatic hydroxyl groups is 1. The van der Waals surface area contributed by atoms with Gasteiger partial charge in [0.2, 0.25) is 11.7 Å². The summed E-state index contributed by atoms with van der Waals surface area (Å²) in [7, 11) is 0. The van der Waals surface area contributed by atoms with E-state index in [2.05, 4.69) is 20.3 Å². The molecule has 0 unspecified atom stereocenters. The number of aryl methyl sites for hydroxylation is 1. The van der Waals surface area contributed by atoms with E-state index in [-0.39, 0.29) is 36.2 Å². The van der Waals surface area contributed by atoms with Crippen molar-refractivity contribution in [3.05, 3.63) is 53.5 Å². The lowest BCUT2D eigenvalue weighted by atomic mass is 10.2. The molecule has 9 nitrogen and oxygen atoms in total. The number of rotatable bonds is 7. The first-order chi connectivity index (χ1) is 13.5. The molecular weight excluding hydrogens is 362 g/mol. The number of nitrogens with zero attached hydrogens (tertiary/aromatic N) is 3. The molecule has 0 aliphatic heterocycles. The third-order valence-electron chi connectivity index (χ3n) is 3.87. The minimum atomic E-state index is -0.754. The van der Waals surface area contributed by atoms with Crippen LogP contribution in [-0.2, 0) is 6.54 Å². The number of nitrogens with one attached hydrogen (secondary N) is 1. The summed E-state index contributed by atoms with van der Waals surface area (Å²) in [5.74, 6) is -0.0358. The van der Waals surface area contributed by atoms with Gasteiger partial charge < -0.3 is 25.3 Å². The lowest BCUT2D eigenvalue weighted by Gasteiger charge is -2.14. The van der Waals surface area contributed by atoms with Gasteiger partial charge in [-0.15, -0.1) is 0 Å². The van der Waals surface area contributed by atoms with Crippen molar-refractivity contribution in [2.24, 2.45) is 0 Å². The highest BCUT2D eigenvalue weighted by atomic mass is 16.5. The van der Waals surface area contributed by atoms with E-state index in [1.165, 1.54) is 6.26 Å². The molecule has 0 saturated heterocycles. The fourth-order valence-corrected chi connectivity index (χ4v) is 2.45. The maximum absolute atomic E-state index is 12.7. The number of nitrogens with two attached hydrogens (primary N) is 1. The van der Waals surface area contributed by atoms with Crippen LogP contribution in [0.4, 0.5) is 5.82 Å². The first-order valence-electron chi connectivity index (χ1n) is 8.66. The SMILES string of the molecule is Cc1cccnc1CNC(=O)c1c(N)nc(-c2ccco2)nc1OC[C@H](C)O. The summed E-state index contributed by atoms with van der Waals surface area (Å²) in [5, 5.41) is 12.3. The number of aliphatic hydroxyl groups excluding tert-OH is 1. The van der Waals surface area contributed by atoms with Crippen LogP contribution in [0.5, 0.6) is 5.88 Å². The second-order valence-electron chi connectivity index (χ2n) is 6.20. The molecule has 0 aliphatic rings. The molecule has 1 amide bonds. The molecule has 0 fully saturated rings.